The molecule has 4 rings (SSSR count). The summed E-state index contributed by atoms with van der Waals surface area (Å²) in [7, 11) is 0. The Morgan fingerprint density at radius 3 is 2.44 bits per heavy atom. The van der Waals surface area contributed by atoms with Gasteiger partial charge in [0.25, 0.3) is 5.91 Å². The molecule has 0 aliphatic heterocycles. The van der Waals surface area contributed by atoms with Crippen molar-refractivity contribution in [2.24, 2.45) is 0 Å². The zero-order valence-electron chi connectivity index (χ0n) is 17.1. The quantitative estimate of drug-likeness (QED) is 0.366. The molecule has 0 saturated carbocycles. The molecule has 1 heterocycles. The number of ether oxygens (including phenoxy) is 1. The third-order valence-electron chi connectivity index (χ3n) is 4.56. The molecule has 0 atom stereocenters. The molecule has 32 heavy (non-hydrogen) atoms. The Hall–Kier alpha value is -4.21. The van der Waals surface area contributed by atoms with E-state index in [1.54, 1.807) is 12.1 Å². The molecule has 1 amide bonds. The third kappa shape index (κ3) is 5.28. The highest BCUT2D eigenvalue weighted by Gasteiger charge is 2.11. The molecule has 0 spiro atoms. The van der Waals surface area contributed by atoms with Crippen molar-refractivity contribution in [3.05, 3.63) is 101 Å². The number of para-hydroxylation sites is 2. The van der Waals surface area contributed by atoms with E-state index in [9.17, 15) is 10.1 Å². The Morgan fingerprint density at radius 1 is 1.00 bits per heavy atom. The van der Waals surface area contributed by atoms with E-state index >= 15 is 0 Å². The predicted molar refractivity (Wildman–Crippen MR) is 128 cm³/mol. The Balaban J connectivity index is 1.50. The van der Waals surface area contributed by atoms with Gasteiger partial charge in [0, 0.05) is 22.2 Å². The number of carbonyl (C=O) groups is 1. The van der Waals surface area contributed by atoms with Gasteiger partial charge in [0.05, 0.1) is 11.3 Å². The molecule has 0 saturated heterocycles. The van der Waals surface area contributed by atoms with Crippen molar-refractivity contribution in [3.8, 4) is 23.1 Å². The normalized spacial score (nSPS) is 10.9. The highest BCUT2D eigenvalue weighted by Crippen LogP contribution is 2.29. The lowest BCUT2D eigenvalue weighted by Crippen LogP contribution is -2.20. The van der Waals surface area contributed by atoms with E-state index in [1.165, 1.54) is 11.3 Å². The van der Waals surface area contributed by atoms with Crippen molar-refractivity contribution in [1.82, 2.24) is 4.98 Å². The minimum absolute atomic E-state index is 0.142. The summed E-state index contributed by atoms with van der Waals surface area (Å²) in [5.41, 5.74) is 3.67. The topological polar surface area (TPSA) is 75.0 Å². The Kier molecular flexibility index (Phi) is 6.71. The van der Waals surface area contributed by atoms with E-state index in [-0.39, 0.29) is 12.5 Å². The number of anilines is 1. The van der Waals surface area contributed by atoms with Crippen LogP contribution >= 0.6 is 11.3 Å². The molecule has 0 fully saturated rings. The molecule has 0 radical (unpaired) electrons. The van der Waals surface area contributed by atoms with Gasteiger partial charge >= 0.3 is 0 Å². The molecule has 4 aromatic rings. The van der Waals surface area contributed by atoms with Gasteiger partial charge < -0.3 is 10.1 Å². The third-order valence-corrected chi connectivity index (χ3v) is 5.44. The minimum Gasteiger partial charge on any atom is -0.483 e. The van der Waals surface area contributed by atoms with Crippen molar-refractivity contribution in [3.63, 3.8) is 0 Å². The monoisotopic (exact) mass is 437 g/mol. The molecule has 0 bridgehead atoms. The first-order chi connectivity index (χ1) is 15.7. The number of nitriles is 1. The molecule has 0 unspecified atom stereocenters. The fourth-order valence-electron chi connectivity index (χ4n) is 3.03. The van der Waals surface area contributed by atoms with Crippen LogP contribution in [0.1, 0.15) is 10.6 Å². The summed E-state index contributed by atoms with van der Waals surface area (Å²) in [4.78, 5) is 16.8. The van der Waals surface area contributed by atoms with Crippen LogP contribution in [0.3, 0.4) is 0 Å². The Morgan fingerprint density at radius 2 is 1.69 bits per heavy atom. The molecule has 1 aromatic heterocycles. The van der Waals surface area contributed by atoms with Crippen molar-refractivity contribution < 1.29 is 9.53 Å². The van der Waals surface area contributed by atoms with Gasteiger partial charge in [-0.2, -0.15) is 5.26 Å². The second kappa shape index (κ2) is 10.2. The van der Waals surface area contributed by atoms with E-state index < -0.39 is 0 Å². The predicted octanol–water partition coefficient (Wildman–Crippen LogP) is 5.89. The molecule has 156 valence electrons. The van der Waals surface area contributed by atoms with Crippen molar-refractivity contribution in [2.75, 3.05) is 11.9 Å². The van der Waals surface area contributed by atoms with Gasteiger partial charge in [-0.3, -0.25) is 4.79 Å². The summed E-state index contributed by atoms with van der Waals surface area (Å²) in [5, 5.41) is 15.1. The summed E-state index contributed by atoms with van der Waals surface area (Å²) < 4.78 is 5.74. The number of nitrogens with one attached hydrogen (secondary N) is 1. The lowest BCUT2D eigenvalue weighted by Gasteiger charge is -2.10. The zero-order chi connectivity index (χ0) is 22.2. The molecule has 0 aliphatic carbocycles. The van der Waals surface area contributed by atoms with Crippen molar-refractivity contribution >= 4 is 34.6 Å². The van der Waals surface area contributed by atoms with Crippen LogP contribution < -0.4 is 10.1 Å². The number of amides is 1. The molecule has 6 heteroatoms. The first-order valence-electron chi connectivity index (χ1n) is 9.93. The summed E-state index contributed by atoms with van der Waals surface area (Å²) in [5.74, 6) is 0.256. The first-order valence-corrected chi connectivity index (χ1v) is 10.8. The number of nitrogens with zero attached hydrogens (tertiary/aromatic N) is 2. The number of allylic oxidation sites excluding steroid dienone is 1. The van der Waals surface area contributed by atoms with Crippen LogP contribution in [-0.2, 0) is 4.79 Å². The minimum atomic E-state index is -0.261. The fraction of sp³-hybridized carbons (Fsp3) is 0.0385. The highest BCUT2D eigenvalue weighted by atomic mass is 32.1. The van der Waals surface area contributed by atoms with Gasteiger partial charge in [-0.1, -0.05) is 66.7 Å². The van der Waals surface area contributed by atoms with Crippen molar-refractivity contribution in [2.45, 2.75) is 0 Å². The van der Waals surface area contributed by atoms with E-state index in [1.807, 2.05) is 84.2 Å². The maximum absolute atomic E-state index is 12.2. The Bertz CT molecular complexity index is 1280. The number of carbonyl (C=O) groups excluding carboxylic acids is 1. The molecule has 0 aliphatic rings. The van der Waals surface area contributed by atoms with Crippen LogP contribution in [-0.4, -0.2) is 17.5 Å². The van der Waals surface area contributed by atoms with Gasteiger partial charge in [0.2, 0.25) is 0 Å². The number of hydrogen-bond donors (Lipinski definition) is 1. The van der Waals surface area contributed by atoms with Crippen LogP contribution in [0.2, 0.25) is 0 Å². The summed E-state index contributed by atoms with van der Waals surface area (Å²) in [6.07, 6.45) is 1.73. The number of aromatic nitrogens is 1. The van der Waals surface area contributed by atoms with E-state index in [4.69, 9.17) is 4.74 Å². The maximum atomic E-state index is 12.2. The molecular weight excluding hydrogens is 418 g/mol. The molecule has 3 aromatic carbocycles. The average Bonchev–Trinajstić information content (AvgIpc) is 3.33. The summed E-state index contributed by atoms with van der Waals surface area (Å²) >= 11 is 1.41. The zero-order valence-corrected chi connectivity index (χ0v) is 17.9. The molecule has 1 N–H and O–H groups in total. The SMILES string of the molecule is N#CC(=Cc1ccccc1OCC(=O)Nc1ccccc1)c1nc(-c2ccccc2)cs1. The van der Waals surface area contributed by atoms with Gasteiger partial charge in [0.1, 0.15) is 16.8 Å². The average molecular weight is 438 g/mol. The number of benzene rings is 3. The fourth-order valence-corrected chi connectivity index (χ4v) is 3.82. The van der Waals surface area contributed by atoms with E-state index in [0.29, 0.717) is 27.6 Å². The van der Waals surface area contributed by atoms with Gasteiger partial charge in [0.15, 0.2) is 6.61 Å². The van der Waals surface area contributed by atoms with Crippen LogP contribution in [0.25, 0.3) is 22.9 Å². The van der Waals surface area contributed by atoms with Crippen LogP contribution in [0.5, 0.6) is 5.75 Å². The first kappa shape index (κ1) is 21.0. The van der Waals surface area contributed by atoms with Gasteiger partial charge in [-0.15, -0.1) is 11.3 Å². The highest BCUT2D eigenvalue weighted by molar-refractivity contribution is 7.11. The van der Waals surface area contributed by atoms with Crippen molar-refractivity contribution in [1.29, 1.82) is 5.26 Å². The summed E-state index contributed by atoms with van der Waals surface area (Å²) in [6, 6.07) is 28.6. The molecular formula is C26H19N3O2S. The lowest BCUT2D eigenvalue weighted by atomic mass is 10.1. The van der Waals surface area contributed by atoms with Crippen LogP contribution in [0, 0.1) is 11.3 Å². The lowest BCUT2D eigenvalue weighted by molar-refractivity contribution is -0.118. The number of rotatable bonds is 7. The van der Waals surface area contributed by atoms with Gasteiger partial charge in [-0.05, 0) is 24.3 Å². The van der Waals surface area contributed by atoms with E-state index in [0.717, 1.165) is 11.3 Å². The molecule has 5 nitrogen and oxygen atoms in total. The standard InChI is InChI=1S/C26H19N3O2S/c27-16-21(26-29-23(18-32-26)19-9-3-1-4-10-19)15-20-11-7-8-14-24(20)31-17-25(30)28-22-12-5-2-6-13-22/h1-15,18H,17H2,(H,28,30). The van der Waals surface area contributed by atoms with E-state index in [2.05, 4.69) is 16.4 Å². The number of hydrogen-bond acceptors (Lipinski definition) is 5. The number of thiazole rings is 1. The van der Waals surface area contributed by atoms with Gasteiger partial charge in [-0.25, -0.2) is 4.98 Å². The van der Waals surface area contributed by atoms with Crippen LogP contribution in [0.15, 0.2) is 90.3 Å². The van der Waals surface area contributed by atoms with Crippen LogP contribution in [0.4, 0.5) is 5.69 Å². The largest absolute Gasteiger partial charge is 0.483 e. The maximum Gasteiger partial charge on any atom is 0.262 e. The second-order valence-electron chi connectivity index (χ2n) is 6.81. The smallest absolute Gasteiger partial charge is 0.262 e. The summed E-state index contributed by atoms with van der Waals surface area (Å²) in [6.45, 7) is -0.142. The Labute approximate surface area is 190 Å². The second-order valence-corrected chi connectivity index (χ2v) is 7.67.